The third kappa shape index (κ3) is 2.17. The number of hydrogen-bond acceptors (Lipinski definition) is 5. The van der Waals surface area contributed by atoms with Gasteiger partial charge in [-0.2, -0.15) is 0 Å². The molecule has 3 rings (SSSR count). The largest absolute Gasteiger partial charge is 0.381 e. The van der Waals surface area contributed by atoms with E-state index < -0.39 is 0 Å². The molecular formula is C13H15N3O2. The molecule has 1 aliphatic rings. The number of nitrogens with zero attached hydrogens (tertiary/aromatic N) is 2. The van der Waals surface area contributed by atoms with Gasteiger partial charge in [-0.3, -0.25) is 0 Å². The fourth-order valence-corrected chi connectivity index (χ4v) is 2.10. The van der Waals surface area contributed by atoms with E-state index in [1.807, 2.05) is 12.1 Å². The van der Waals surface area contributed by atoms with Gasteiger partial charge in [-0.15, -0.1) is 0 Å². The van der Waals surface area contributed by atoms with Crippen LogP contribution in [-0.2, 0) is 4.74 Å². The molecule has 0 radical (unpaired) electrons. The van der Waals surface area contributed by atoms with E-state index in [1.54, 1.807) is 6.07 Å². The van der Waals surface area contributed by atoms with Crippen molar-refractivity contribution in [3.05, 3.63) is 30.3 Å². The summed E-state index contributed by atoms with van der Waals surface area (Å²) in [6, 6.07) is 9.92. The Kier molecular flexibility index (Phi) is 2.90. The van der Waals surface area contributed by atoms with Crippen molar-refractivity contribution in [1.29, 1.82) is 0 Å². The zero-order valence-electron chi connectivity index (χ0n) is 10.0. The average Bonchev–Trinajstić information content (AvgIpc) is 2.87. The molecule has 0 aliphatic carbocycles. The number of benzene rings is 1. The van der Waals surface area contributed by atoms with Crippen LogP contribution in [0.3, 0.4) is 0 Å². The van der Waals surface area contributed by atoms with Crippen LogP contribution in [0, 0.1) is 0 Å². The number of rotatable bonds is 2. The summed E-state index contributed by atoms with van der Waals surface area (Å²) in [6.45, 7) is 3.39. The molecule has 1 fully saturated rings. The maximum absolute atomic E-state index is 5.56. The van der Waals surface area contributed by atoms with Crippen molar-refractivity contribution in [3.63, 3.8) is 0 Å². The van der Waals surface area contributed by atoms with Gasteiger partial charge in [0.1, 0.15) is 0 Å². The lowest BCUT2D eigenvalue weighted by atomic mass is 10.1. The van der Waals surface area contributed by atoms with Gasteiger partial charge in [0.2, 0.25) is 0 Å². The van der Waals surface area contributed by atoms with Crippen molar-refractivity contribution in [2.45, 2.75) is 0 Å². The summed E-state index contributed by atoms with van der Waals surface area (Å²) in [5.74, 6) is 1.10. The Labute approximate surface area is 105 Å². The second-order valence-electron chi connectivity index (χ2n) is 4.27. The molecule has 2 aromatic rings. The normalized spacial score (nSPS) is 15.9. The van der Waals surface area contributed by atoms with Crippen molar-refractivity contribution >= 4 is 11.5 Å². The lowest BCUT2D eigenvalue weighted by Gasteiger charge is -2.29. The predicted octanol–water partition coefficient (Wildman–Crippen LogP) is 1.76. The fraction of sp³-hybridized carbons (Fsp3) is 0.308. The highest BCUT2D eigenvalue weighted by Gasteiger charge is 2.12. The van der Waals surface area contributed by atoms with Crippen LogP contribution in [-0.4, -0.2) is 31.5 Å². The van der Waals surface area contributed by atoms with Crippen LogP contribution in [0.25, 0.3) is 11.3 Å². The minimum Gasteiger partial charge on any atom is -0.381 e. The Morgan fingerprint density at radius 3 is 2.72 bits per heavy atom. The molecule has 2 N–H and O–H groups in total. The standard InChI is InChI=1S/C13H15N3O2/c14-13-9-12(18-15-13)10-2-1-3-11(8-10)16-4-6-17-7-5-16/h1-3,8-9H,4-7H2,(H2,14,15). The smallest absolute Gasteiger partial charge is 0.169 e. The maximum atomic E-state index is 5.56. The summed E-state index contributed by atoms with van der Waals surface area (Å²) in [7, 11) is 0. The Bertz CT molecular complexity index is 533. The summed E-state index contributed by atoms with van der Waals surface area (Å²) < 4.78 is 10.5. The van der Waals surface area contributed by atoms with Crippen molar-refractivity contribution in [1.82, 2.24) is 5.16 Å². The van der Waals surface area contributed by atoms with Gasteiger partial charge >= 0.3 is 0 Å². The molecule has 1 aliphatic heterocycles. The Morgan fingerprint density at radius 1 is 1.17 bits per heavy atom. The van der Waals surface area contributed by atoms with Gasteiger partial charge in [-0.05, 0) is 12.1 Å². The van der Waals surface area contributed by atoms with Crippen LogP contribution >= 0.6 is 0 Å². The molecule has 0 atom stereocenters. The summed E-state index contributed by atoms with van der Waals surface area (Å²) in [5.41, 5.74) is 7.73. The molecule has 2 heterocycles. The van der Waals surface area contributed by atoms with E-state index in [2.05, 4.69) is 22.2 Å². The van der Waals surface area contributed by atoms with Gasteiger partial charge in [0.25, 0.3) is 0 Å². The molecule has 0 unspecified atom stereocenters. The lowest BCUT2D eigenvalue weighted by Crippen LogP contribution is -2.36. The maximum Gasteiger partial charge on any atom is 0.169 e. The van der Waals surface area contributed by atoms with Crippen LogP contribution in [0.4, 0.5) is 11.5 Å². The Balaban J connectivity index is 1.88. The van der Waals surface area contributed by atoms with E-state index in [4.69, 9.17) is 15.0 Å². The first kappa shape index (κ1) is 11.1. The molecule has 0 spiro atoms. The summed E-state index contributed by atoms with van der Waals surface area (Å²) in [5, 5.41) is 3.70. The highest BCUT2D eigenvalue weighted by Crippen LogP contribution is 2.26. The molecule has 1 saturated heterocycles. The van der Waals surface area contributed by atoms with Crippen LogP contribution in [0.1, 0.15) is 0 Å². The Morgan fingerprint density at radius 2 is 2.00 bits per heavy atom. The topological polar surface area (TPSA) is 64.5 Å². The number of hydrogen-bond donors (Lipinski definition) is 1. The van der Waals surface area contributed by atoms with Gasteiger partial charge in [0.15, 0.2) is 11.6 Å². The fourth-order valence-electron chi connectivity index (χ4n) is 2.10. The monoisotopic (exact) mass is 245 g/mol. The third-order valence-electron chi connectivity index (χ3n) is 3.04. The molecule has 94 valence electrons. The summed E-state index contributed by atoms with van der Waals surface area (Å²) >= 11 is 0. The molecule has 0 amide bonds. The minimum absolute atomic E-state index is 0.404. The highest BCUT2D eigenvalue weighted by molar-refractivity contribution is 5.66. The molecule has 5 heteroatoms. The first-order chi connectivity index (χ1) is 8.83. The SMILES string of the molecule is Nc1cc(-c2cccc(N3CCOCC3)c2)on1. The first-order valence-electron chi connectivity index (χ1n) is 5.98. The minimum atomic E-state index is 0.404. The van der Waals surface area contributed by atoms with Crippen LogP contribution < -0.4 is 10.6 Å². The number of anilines is 2. The van der Waals surface area contributed by atoms with E-state index >= 15 is 0 Å². The summed E-state index contributed by atoms with van der Waals surface area (Å²) in [6.07, 6.45) is 0. The van der Waals surface area contributed by atoms with Crippen molar-refractivity contribution in [2.75, 3.05) is 36.9 Å². The second-order valence-corrected chi connectivity index (χ2v) is 4.27. The van der Waals surface area contributed by atoms with Gasteiger partial charge < -0.3 is 19.9 Å². The van der Waals surface area contributed by atoms with Crippen molar-refractivity contribution in [2.24, 2.45) is 0 Å². The van der Waals surface area contributed by atoms with E-state index in [0.29, 0.717) is 11.6 Å². The van der Waals surface area contributed by atoms with E-state index in [9.17, 15) is 0 Å². The molecule has 18 heavy (non-hydrogen) atoms. The van der Waals surface area contributed by atoms with Crippen LogP contribution in [0.5, 0.6) is 0 Å². The second kappa shape index (κ2) is 4.70. The van der Waals surface area contributed by atoms with E-state index in [0.717, 1.165) is 31.9 Å². The quantitative estimate of drug-likeness (QED) is 0.873. The zero-order valence-corrected chi connectivity index (χ0v) is 10.0. The number of morpholine rings is 1. The number of nitrogens with two attached hydrogens (primary N) is 1. The molecule has 1 aromatic heterocycles. The van der Waals surface area contributed by atoms with Crippen LogP contribution in [0.15, 0.2) is 34.9 Å². The molecule has 0 saturated carbocycles. The first-order valence-corrected chi connectivity index (χ1v) is 5.98. The molecular weight excluding hydrogens is 230 g/mol. The molecule has 5 nitrogen and oxygen atoms in total. The summed E-state index contributed by atoms with van der Waals surface area (Å²) in [4.78, 5) is 2.30. The van der Waals surface area contributed by atoms with Gasteiger partial charge in [-0.25, -0.2) is 0 Å². The van der Waals surface area contributed by atoms with Crippen molar-refractivity contribution in [3.8, 4) is 11.3 Å². The average molecular weight is 245 g/mol. The van der Waals surface area contributed by atoms with Crippen LogP contribution in [0.2, 0.25) is 0 Å². The Hall–Kier alpha value is -2.01. The number of ether oxygens (including phenoxy) is 1. The van der Waals surface area contributed by atoms with Gasteiger partial charge in [0, 0.05) is 30.4 Å². The number of aromatic nitrogens is 1. The highest BCUT2D eigenvalue weighted by atomic mass is 16.5. The third-order valence-corrected chi connectivity index (χ3v) is 3.04. The molecule has 1 aromatic carbocycles. The number of nitrogen functional groups attached to an aromatic ring is 1. The van der Waals surface area contributed by atoms with Gasteiger partial charge in [0.05, 0.1) is 13.2 Å². The lowest BCUT2D eigenvalue weighted by molar-refractivity contribution is 0.122. The van der Waals surface area contributed by atoms with E-state index in [1.165, 1.54) is 5.69 Å². The van der Waals surface area contributed by atoms with Crippen molar-refractivity contribution < 1.29 is 9.26 Å². The van der Waals surface area contributed by atoms with Gasteiger partial charge in [-0.1, -0.05) is 17.3 Å². The molecule has 0 bridgehead atoms. The predicted molar refractivity (Wildman–Crippen MR) is 69.4 cm³/mol. The zero-order chi connectivity index (χ0) is 12.4. The van der Waals surface area contributed by atoms with E-state index in [-0.39, 0.29) is 0 Å².